The van der Waals surface area contributed by atoms with Gasteiger partial charge < -0.3 is 29.2 Å². The number of carbonyl (C=O) groups excluding carboxylic acids is 2. The highest BCUT2D eigenvalue weighted by molar-refractivity contribution is 6.35. The number of piperidine rings is 3. The summed E-state index contributed by atoms with van der Waals surface area (Å²) in [4.78, 5) is 34.5. The number of esters is 1. The Hall–Kier alpha value is -4.55. The third kappa shape index (κ3) is 8.85. The van der Waals surface area contributed by atoms with Gasteiger partial charge in [0.15, 0.2) is 23.9 Å². The Morgan fingerprint density at radius 2 is 1.61 bits per heavy atom. The van der Waals surface area contributed by atoms with Crippen molar-refractivity contribution in [2.24, 2.45) is 5.92 Å². The van der Waals surface area contributed by atoms with Crippen molar-refractivity contribution < 1.29 is 43.7 Å². The topological polar surface area (TPSA) is 131 Å². The quantitative estimate of drug-likeness (QED) is 0.141. The van der Waals surface area contributed by atoms with Crippen LogP contribution in [-0.2, 0) is 22.4 Å². The van der Waals surface area contributed by atoms with E-state index in [-0.39, 0.29) is 24.5 Å². The van der Waals surface area contributed by atoms with Crippen LogP contribution in [0.1, 0.15) is 46.0 Å². The molecule has 0 aliphatic carbocycles. The number of fused-ring (bicyclic) bond motifs is 3. The first kappa shape index (κ1) is 37.7. The molecule has 4 aromatic rings. The van der Waals surface area contributed by atoms with Gasteiger partial charge in [-0.3, -0.25) is 9.80 Å². The number of halogens is 2. The Bertz CT molecular complexity index is 1800. The number of amides is 1. The van der Waals surface area contributed by atoms with Crippen molar-refractivity contribution in [3.05, 3.63) is 111 Å². The standard InChI is InChI=1S/C38H39Cl2N3O7.H2O/c1-46-29-10-8-28(9-11-29)43(38(45)50-36-23-42-15-13-25(36)14-16-42)22-24-5-4-6-27(17-24)37(44)49-34(19-30-31(39)20-41-21-32(30)40)26-7-12-33(47-2)35(18-26)48-3;/h4-12,17-18,20-21,25,34,36H,13-16,19,22-23H2,1-3H3;1H2/t34-,36-;/m0./s1. The molecule has 13 heteroatoms. The smallest absolute Gasteiger partial charge is 0.414 e. The summed E-state index contributed by atoms with van der Waals surface area (Å²) in [5.41, 5.74) is 2.95. The fraction of sp³-hybridized carbons (Fsp3) is 0.342. The van der Waals surface area contributed by atoms with Crippen molar-refractivity contribution in [1.82, 2.24) is 4.90 Å². The Balaban J connectivity index is 0.00000504. The molecule has 51 heavy (non-hydrogen) atoms. The second kappa shape index (κ2) is 17.1. The third-order valence-corrected chi connectivity index (χ3v) is 10.0. The van der Waals surface area contributed by atoms with Crippen molar-refractivity contribution in [2.75, 3.05) is 45.9 Å². The van der Waals surface area contributed by atoms with Crippen molar-refractivity contribution in [1.29, 1.82) is 0 Å². The van der Waals surface area contributed by atoms with Gasteiger partial charge in [-0.25, -0.2) is 14.6 Å². The number of methoxy groups -OCH3 is 3. The van der Waals surface area contributed by atoms with Gasteiger partial charge in [-0.05, 0) is 91.5 Å². The number of aromatic amines is 1. The van der Waals surface area contributed by atoms with Crippen LogP contribution in [0.15, 0.2) is 79.1 Å². The van der Waals surface area contributed by atoms with Crippen LogP contribution in [0, 0.1) is 5.92 Å². The number of nitrogens with one attached hydrogen (secondary N) is 1. The van der Waals surface area contributed by atoms with Crippen LogP contribution in [0.2, 0.25) is 10.0 Å². The Labute approximate surface area is 307 Å². The monoisotopic (exact) mass is 737 g/mol. The molecule has 7 rings (SSSR count). The molecule has 11 nitrogen and oxygen atoms in total. The maximum atomic E-state index is 13.8. The van der Waals surface area contributed by atoms with Crippen LogP contribution in [0.4, 0.5) is 10.5 Å². The van der Waals surface area contributed by atoms with Gasteiger partial charge in [-0.1, -0.05) is 41.4 Å². The number of carbonyl (C=O) groups is 2. The van der Waals surface area contributed by atoms with Gasteiger partial charge in [-0.15, -0.1) is 0 Å². The molecule has 0 spiro atoms. The first-order valence-electron chi connectivity index (χ1n) is 16.5. The van der Waals surface area contributed by atoms with Gasteiger partial charge in [0, 0.05) is 24.2 Å². The van der Waals surface area contributed by atoms with Crippen LogP contribution in [-0.4, -0.2) is 69.5 Å². The minimum Gasteiger partial charge on any atom is -0.870 e. The highest BCUT2D eigenvalue weighted by Gasteiger charge is 2.37. The zero-order valence-corrected chi connectivity index (χ0v) is 30.2. The predicted molar refractivity (Wildman–Crippen MR) is 191 cm³/mol. The lowest BCUT2D eigenvalue weighted by Gasteiger charge is -2.44. The van der Waals surface area contributed by atoms with Crippen LogP contribution in [0.5, 0.6) is 17.2 Å². The number of H-pyrrole nitrogens is 1. The van der Waals surface area contributed by atoms with E-state index in [1.165, 1.54) is 7.11 Å². The first-order valence-corrected chi connectivity index (χ1v) is 17.2. The highest BCUT2D eigenvalue weighted by atomic mass is 35.5. The third-order valence-electron chi connectivity index (χ3n) is 9.37. The van der Waals surface area contributed by atoms with E-state index in [1.54, 1.807) is 80.0 Å². The minimum absolute atomic E-state index is 0. The average Bonchev–Trinajstić information content (AvgIpc) is 3.15. The van der Waals surface area contributed by atoms with Gasteiger partial charge in [0.25, 0.3) is 0 Å². The van der Waals surface area contributed by atoms with E-state index in [0.717, 1.165) is 32.5 Å². The van der Waals surface area contributed by atoms with E-state index in [9.17, 15) is 9.59 Å². The average molecular weight is 739 g/mol. The van der Waals surface area contributed by atoms with Gasteiger partial charge in [0.2, 0.25) is 0 Å². The molecule has 3 aromatic carbocycles. The maximum absolute atomic E-state index is 13.8. The van der Waals surface area contributed by atoms with E-state index < -0.39 is 18.2 Å². The molecule has 3 aliphatic heterocycles. The Kier molecular flexibility index (Phi) is 12.6. The van der Waals surface area contributed by atoms with Gasteiger partial charge in [-0.2, -0.15) is 0 Å². The second-order valence-corrected chi connectivity index (χ2v) is 13.2. The molecule has 0 unspecified atom stereocenters. The molecule has 3 fully saturated rings. The zero-order valence-electron chi connectivity index (χ0n) is 28.6. The number of hydrogen-bond acceptors (Lipinski definition) is 9. The molecular formula is C38H41Cl2N3O8. The summed E-state index contributed by atoms with van der Waals surface area (Å²) in [6, 6.07) is 19.6. The number of benzene rings is 3. The summed E-state index contributed by atoms with van der Waals surface area (Å²) in [7, 11) is 4.68. The fourth-order valence-corrected chi connectivity index (χ4v) is 7.11. The van der Waals surface area contributed by atoms with E-state index in [0.29, 0.717) is 61.2 Å². The number of nitrogens with zero attached hydrogens (tertiary/aromatic N) is 2. The van der Waals surface area contributed by atoms with E-state index in [4.69, 9.17) is 46.9 Å². The summed E-state index contributed by atoms with van der Waals surface area (Å²) in [5, 5.41) is 0.814. The van der Waals surface area contributed by atoms with Gasteiger partial charge >= 0.3 is 12.1 Å². The minimum atomic E-state index is -0.782. The van der Waals surface area contributed by atoms with E-state index in [2.05, 4.69) is 9.88 Å². The number of anilines is 1. The molecular weight excluding hydrogens is 697 g/mol. The number of hydrogen-bond donors (Lipinski definition) is 0. The fourth-order valence-electron chi connectivity index (χ4n) is 6.57. The summed E-state index contributed by atoms with van der Waals surface area (Å²) < 4.78 is 28.6. The molecule has 2 N–H and O–H groups in total. The molecule has 0 radical (unpaired) electrons. The largest absolute Gasteiger partial charge is 0.870 e. The summed E-state index contributed by atoms with van der Waals surface area (Å²) in [5.74, 6) is 1.48. The van der Waals surface area contributed by atoms with E-state index >= 15 is 0 Å². The van der Waals surface area contributed by atoms with Gasteiger partial charge in [0.1, 0.15) is 28.0 Å². The van der Waals surface area contributed by atoms with Gasteiger partial charge in [0.05, 0.1) is 33.4 Å². The van der Waals surface area contributed by atoms with Crippen molar-refractivity contribution >= 4 is 41.0 Å². The molecule has 2 bridgehead atoms. The van der Waals surface area contributed by atoms with Crippen molar-refractivity contribution in [3.8, 4) is 17.2 Å². The molecule has 2 atom stereocenters. The lowest BCUT2D eigenvalue weighted by atomic mass is 9.86. The number of pyridine rings is 1. The van der Waals surface area contributed by atoms with E-state index in [1.807, 2.05) is 18.2 Å². The summed E-state index contributed by atoms with van der Waals surface area (Å²) >= 11 is 13.0. The molecule has 4 heterocycles. The Morgan fingerprint density at radius 3 is 2.24 bits per heavy atom. The lowest BCUT2D eigenvalue weighted by Crippen LogP contribution is -2.53. The lowest BCUT2D eigenvalue weighted by molar-refractivity contribution is -0.377. The van der Waals surface area contributed by atoms with Crippen LogP contribution in [0.25, 0.3) is 0 Å². The maximum Gasteiger partial charge on any atom is 0.414 e. The first-order chi connectivity index (χ1) is 24.3. The number of ether oxygens (including phenoxy) is 5. The molecule has 3 saturated heterocycles. The van der Waals surface area contributed by atoms with Crippen molar-refractivity contribution in [3.63, 3.8) is 0 Å². The van der Waals surface area contributed by atoms with Crippen LogP contribution < -0.4 is 24.1 Å². The van der Waals surface area contributed by atoms with Crippen LogP contribution in [0.3, 0.4) is 0 Å². The summed E-state index contributed by atoms with van der Waals surface area (Å²) in [6.07, 6.45) is 4.10. The van der Waals surface area contributed by atoms with Crippen molar-refractivity contribution in [2.45, 2.75) is 38.0 Å². The normalized spacial score (nSPS) is 18.2. The summed E-state index contributed by atoms with van der Waals surface area (Å²) in [6.45, 7) is 2.99. The van der Waals surface area contributed by atoms with Crippen LogP contribution >= 0.6 is 23.2 Å². The Morgan fingerprint density at radius 1 is 0.902 bits per heavy atom. The molecule has 1 aromatic heterocycles. The number of aromatic nitrogens is 1. The zero-order chi connectivity index (χ0) is 35.2. The molecule has 0 saturated carbocycles. The predicted octanol–water partition coefficient (Wildman–Crippen LogP) is 7.03. The molecule has 1 amide bonds. The molecule has 270 valence electrons. The highest BCUT2D eigenvalue weighted by Crippen LogP contribution is 2.36. The number of rotatable bonds is 12. The SMILES string of the molecule is COc1ccc(N(Cc2cccc(C(=O)O[C@@H](Cc3c(Cl)c[nH+]cc3Cl)c3ccc(OC)c(OC)c3)c2)C(=O)O[C@H]2CN3CCC2CC3)cc1.[OH-]. The second-order valence-electron chi connectivity index (χ2n) is 12.4. The molecule has 3 aliphatic rings.